The van der Waals surface area contributed by atoms with Crippen LogP contribution >= 0.6 is 0 Å². The molecule has 0 radical (unpaired) electrons. The van der Waals surface area contributed by atoms with Gasteiger partial charge in [-0.25, -0.2) is 4.79 Å². The lowest BCUT2D eigenvalue weighted by Crippen LogP contribution is -2.07. The number of benzene rings is 1. The van der Waals surface area contributed by atoms with Gasteiger partial charge in [-0.05, 0) is 30.3 Å². The molecule has 0 spiro atoms. The van der Waals surface area contributed by atoms with Gasteiger partial charge in [-0.1, -0.05) is 6.07 Å². The molecular formula is C13H13N3O2. The number of anilines is 2. The highest BCUT2D eigenvalue weighted by molar-refractivity contribution is 5.95. The molecule has 0 unspecified atom stereocenters. The maximum Gasteiger partial charge on any atom is 0.337 e. The summed E-state index contributed by atoms with van der Waals surface area (Å²) in [5.74, 6) is -0.987. The van der Waals surface area contributed by atoms with E-state index in [1.165, 1.54) is 6.07 Å². The zero-order chi connectivity index (χ0) is 13.0. The fraction of sp³-hybridized carbons (Fsp3) is 0.0769. The van der Waals surface area contributed by atoms with Crippen molar-refractivity contribution in [3.05, 3.63) is 53.9 Å². The smallest absolute Gasteiger partial charge is 0.337 e. The minimum absolute atomic E-state index is 0.195. The Labute approximate surface area is 104 Å². The molecule has 18 heavy (non-hydrogen) atoms. The van der Waals surface area contributed by atoms with Crippen molar-refractivity contribution in [2.45, 2.75) is 6.54 Å². The second-order valence-corrected chi connectivity index (χ2v) is 3.78. The van der Waals surface area contributed by atoms with Gasteiger partial charge in [-0.15, -0.1) is 0 Å². The summed E-state index contributed by atoms with van der Waals surface area (Å²) in [5, 5.41) is 12.1. The van der Waals surface area contributed by atoms with E-state index in [0.29, 0.717) is 17.9 Å². The van der Waals surface area contributed by atoms with E-state index in [1.807, 2.05) is 18.2 Å². The molecule has 1 aromatic carbocycles. The topological polar surface area (TPSA) is 88.2 Å². The molecule has 1 aromatic heterocycles. The average Bonchev–Trinajstić information content (AvgIpc) is 2.37. The highest BCUT2D eigenvalue weighted by Gasteiger charge is 2.09. The second-order valence-electron chi connectivity index (χ2n) is 3.78. The number of nitrogen functional groups attached to an aromatic ring is 1. The molecule has 4 N–H and O–H groups in total. The van der Waals surface area contributed by atoms with Crippen LogP contribution in [0.4, 0.5) is 11.4 Å². The Morgan fingerprint density at radius 2 is 2.17 bits per heavy atom. The van der Waals surface area contributed by atoms with Crippen molar-refractivity contribution in [3.63, 3.8) is 0 Å². The molecule has 0 bridgehead atoms. The number of aromatic nitrogens is 1. The Kier molecular flexibility index (Phi) is 3.43. The Morgan fingerprint density at radius 3 is 2.83 bits per heavy atom. The van der Waals surface area contributed by atoms with Crippen molar-refractivity contribution in [1.82, 2.24) is 4.98 Å². The zero-order valence-corrected chi connectivity index (χ0v) is 9.63. The van der Waals surface area contributed by atoms with Crippen LogP contribution < -0.4 is 11.1 Å². The van der Waals surface area contributed by atoms with E-state index in [2.05, 4.69) is 10.3 Å². The van der Waals surface area contributed by atoms with Gasteiger partial charge in [0.1, 0.15) is 0 Å². The molecule has 0 saturated heterocycles. The van der Waals surface area contributed by atoms with Crippen LogP contribution in [0.3, 0.4) is 0 Å². The van der Waals surface area contributed by atoms with Crippen LogP contribution in [0.15, 0.2) is 42.6 Å². The number of nitrogens with one attached hydrogen (secondary N) is 1. The van der Waals surface area contributed by atoms with Crippen molar-refractivity contribution >= 4 is 17.3 Å². The largest absolute Gasteiger partial charge is 0.478 e. The number of carboxylic acid groups (broad SMARTS) is 1. The van der Waals surface area contributed by atoms with E-state index in [4.69, 9.17) is 10.8 Å². The molecule has 2 aromatic rings. The maximum atomic E-state index is 11.0. The van der Waals surface area contributed by atoms with Crippen LogP contribution in [0.2, 0.25) is 0 Å². The van der Waals surface area contributed by atoms with Gasteiger partial charge in [0.25, 0.3) is 0 Å². The van der Waals surface area contributed by atoms with Crippen molar-refractivity contribution in [1.29, 1.82) is 0 Å². The minimum Gasteiger partial charge on any atom is -0.478 e. The number of pyridine rings is 1. The summed E-state index contributed by atoms with van der Waals surface area (Å²) in [4.78, 5) is 15.2. The summed E-state index contributed by atoms with van der Waals surface area (Å²) in [5.41, 5.74) is 7.68. The molecule has 0 aliphatic heterocycles. The second kappa shape index (κ2) is 5.18. The monoisotopic (exact) mass is 243 g/mol. The van der Waals surface area contributed by atoms with E-state index < -0.39 is 5.97 Å². The predicted molar refractivity (Wildman–Crippen MR) is 69.4 cm³/mol. The van der Waals surface area contributed by atoms with E-state index in [-0.39, 0.29) is 5.56 Å². The maximum absolute atomic E-state index is 11.0. The van der Waals surface area contributed by atoms with Gasteiger partial charge in [-0.2, -0.15) is 0 Å². The quantitative estimate of drug-likeness (QED) is 0.714. The van der Waals surface area contributed by atoms with Crippen LogP contribution in [-0.2, 0) is 6.54 Å². The van der Waals surface area contributed by atoms with Gasteiger partial charge in [0.05, 0.1) is 23.5 Å². The number of aromatic carboxylic acids is 1. The summed E-state index contributed by atoms with van der Waals surface area (Å²) in [6.07, 6.45) is 1.69. The van der Waals surface area contributed by atoms with Crippen LogP contribution in [-0.4, -0.2) is 16.1 Å². The van der Waals surface area contributed by atoms with Crippen molar-refractivity contribution < 1.29 is 9.90 Å². The third-order valence-electron chi connectivity index (χ3n) is 2.46. The number of nitrogens with zero attached hydrogens (tertiary/aromatic N) is 1. The number of rotatable bonds is 4. The molecule has 0 amide bonds. The highest BCUT2D eigenvalue weighted by atomic mass is 16.4. The number of carboxylic acids is 1. The van der Waals surface area contributed by atoms with E-state index >= 15 is 0 Å². The minimum atomic E-state index is -0.987. The van der Waals surface area contributed by atoms with Gasteiger partial charge in [0, 0.05) is 11.9 Å². The molecule has 0 aliphatic carbocycles. The molecular weight excluding hydrogens is 230 g/mol. The van der Waals surface area contributed by atoms with Crippen LogP contribution in [0.25, 0.3) is 0 Å². The van der Waals surface area contributed by atoms with Gasteiger partial charge in [0.15, 0.2) is 0 Å². The Hall–Kier alpha value is -2.56. The third-order valence-corrected chi connectivity index (χ3v) is 2.46. The molecule has 92 valence electrons. The number of hydrogen-bond donors (Lipinski definition) is 3. The fourth-order valence-corrected chi connectivity index (χ4v) is 1.58. The van der Waals surface area contributed by atoms with Gasteiger partial charge in [-0.3, -0.25) is 4.98 Å². The highest BCUT2D eigenvalue weighted by Crippen LogP contribution is 2.19. The van der Waals surface area contributed by atoms with Gasteiger partial charge >= 0.3 is 5.97 Å². The molecule has 2 rings (SSSR count). The number of nitrogens with two attached hydrogens (primary N) is 1. The van der Waals surface area contributed by atoms with Crippen molar-refractivity contribution in [2.75, 3.05) is 11.1 Å². The van der Waals surface area contributed by atoms with E-state index in [1.54, 1.807) is 18.3 Å². The van der Waals surface area contributed by atoms with Crippen LogP contribution in [0.1, 0.15) is 16.1 Å². The molecule has 1 heterocycles. The lowest BCUT2D eigenvalue weighted by molar-refractivity contribution is 0.0698. The van der Waals surface area contributed by atoms with Crippen molar-refractivity contribution in [2.24, 2.45) is 0 Å². The summed E-state index contributed by atoms with van der Waals surface area (Å²) < 4.78 is 0. The number of hydrogen-bond acceptors (Lipinski definition) is 4. The van der Waals surface area contributed by atoms with Gasteiger partial charge < -0.3 is 16.2 Å². The number of carbonyl (C=O) groups is 1. The first-order valence-electron chi connectivity index (χ1n) is 5.43. The summed E-state index contributed by atoms with van der Waals surface area (Å²) in [6.45, 7) is 0.449. The molecule has 0 saturated carbocycles. The van der Waals surface area contributed by atoms with Crippen LogP contribution in [0.5, 0.6) is 0 Å². The molecule has 0 fully saturated rings. The fourth-order valence-electron chi connectivity index (χ4n) is 1.58. The zero-order valence-electron chi connectivity index (χ0n) is 9.63. The normalized spacial score (nSPS) is 10.0. The summed E-state index contributed by atoms with van der Waals surface area (Å²) >= 11 is 0. The Balaban J connectivity index is 2.18. The molecule has 0 atom stereocenters. The van der Waals surface area contributed by atoms with Crippen molar-refractivity contribution in [3.8, 4) is 0 Å². The summed E-state index contributed by atoms with van der Waals surface area (Å²) in [6, 6.07) is 10.2. The first-order chi connectivity index (χ1) is 8.66. The first kappa shape index (κ1) is 11.9. The third kappa shape index (κ3) is 2.76. The van der Waals surface area contributed by atoms with E-state index in [9.17, 15) is 4.79 Å². The lowest BCUT2D eigenvalue weighted by Gasteiger charge is -2.10. The SMILES string of the molecule is Nc1ccc(C(=O)O)c(NCc2ccccn2)c1. The van der Waals surface area contributed by atoms with Gasteiger partial charge in [0.2, 0.25) is 0 Å². The standard InChI is InChI=1S/C13H13N3O2/c14-9-4-5-11(13(17)18)12(7-9)16-8-10-3-1-2-6-15-10/h1-7,16H,8,14H2,(H,17,18). The molecule has 5 heteroatoms. The Morgan fingerprint density at radius 1 is 1.33 bits per heavy atom. The summed E-state index contributed by atoms with van der Waals surface area (Å²) in [7, 11) is 0. The van der Waals surface area contributed by atoms with Crippen LogP contribution in [0, 0.1) is 0 Å². The average molecular weight is 243 g/mol. The van der Waals surface area contributed by atoms with E-state index in [0.717, 1.165) is 5.69 Å². The first-order valence-corrected chi connectivity index (χ1v) is 5.43. The predicted octanol–water partition coefficient (Wildman–Crippen LogP) is 1.97. The lowest BCUT2D eigenvalue weighted by atomic mass is 10.1. The Bertz CT molecular complexity index is 555. The molecule has 5 nitrogen and oxygen atoms in total. The molecule has 0 aliphatic rings.